The highest BCUT2D eigenvalue weighted by atomic mass is 16.5. The van der Waals surface area contributed by atoms with Gasteiger partial charge in [-0.15, -0.1) is 0 Å². The second-order valence-corrected chi connectivity index (χ2v) is 7.45. The Balaban J connectivity index is 3.59. The zero-order chi connectivity index (χ0) is 18.5. The summed E-state index contributed by atoms with van der Waals surface area (Å²) >= 11 is 0. The number of hydrogen-bond donors (Lipinski definition) is 0. The van der Waals surface area contributed by atoms with E-state index in [1.165, 1.54) is 12.8 Å². The Kier molecular flexibility index (Phi) is 12.7. The maximum absolute atomic E-state index is 11.9. The molecule has 0 amide bonds. The lowest BCUT2D eigenvalue weighted by molar-refractivity contribution is -0.153. The fourth-order valence-electron chi connectivity index (χ4n) is 2.59. The second-order valence-electron chi connectivity index (χ2n) is 7.45. The van der Waals surface area contributed by atoms with E-state index < -0.39 is 0 Å². The summed E-state index contributed by atoms with van der Waals surface area (Å²) in [5, 5.41) is 0. The molecular weight excluding hydrogens is 304 g/mol. The number of esters is 2. The minimum Gasteiger partial charge on any atom is -0.463 e. The first-order chi connectivity index (χ1) is 11.2. The van der Waals surface area contributed by atoms with Crippen molar-refractivity contribution in [1.29, 1.82) is 0 Å². The van der Waals surface area contributed by atoms with Crippen LogP contribution >= 0.6 is 0 Å². The smallest absolute Gasteiger partial charge is 0.309 e. The Morgan fingerprint density at radius 3 is 1.75 bits per heavy atom. The van der Waals surface area contributed by atoms with Crippen molar-refractivity contribution in [2.75, 3.05) is 0 Å². The maximum atomic E-state index is 11.9. The van der Waals surface area contributed by atoms with Crippen molar-refractivity contribution < 1.29 is 19.1 Å². The van der Waals surface area contributed by atoms with Crippen LogP contribution in [0.1, 0.15) is 92.9 Å². The van der Waals surface area contributed by atoms with E-state index in [1.807, 2.05) is 34.6 Å². The Hall–Kier alpha value is -1.06. The highest BCUT2D eigenvalue weighted by molar-refractivity contribution is 5.72. The fraction of sp³-hybridized carbons (Fsp3) is 0.900. The summed E-state index contributed by atoms with van der Waals surface area (Å²) in [5.41, 5.74) is 0. The van der Waals surface area contributed by atoms with Gasteiger partial charge >= 0.3 is 11.9 Å². The van der Waals surface area contributed by atoms with Crippen molar-refractivity contribution in [2.45, 2.75) is 105 Å². The number of carbonyl (C=O) groups is 2. The maximum Gasteiger partial charge on any atom is 0.309 e. The monoisotopic (exact) mass is 342 g/mol. The van der Waals surface area contributed by atoms with Gasteiger partial charge in [-0.25, -0.2) is 0 Å². The van der Waals surface area contributed by atoms with Crippen LogP contribution in [0.5, 0.6) is 0 Å². The molecule has 4 heteroatoms. The molecule has 4 nitrogen and oxygen atoms in total. The standard InChI is InChI=1S/C20H38O4/c1-15(2)23-19(21)14-12-10-8-7-9-11-13-17(5)18(6)20(22)24-16(3)4/h15-18H,7-14H2,1-6H3. The van der Waals surface area contributed by atoms with Crippen LogP contribution in [-0.4, -0.2) is 24.1 Å². The van der Waals surface area contributed by atoms with Gasteiger partial charge in [0.2, 0.25) is 0 Å². The van der Waals surface area contributed by atoms with E-state index in [1.54, 1.807) is 0 Å². The zero-order valence-electron chi connectivity index (χ0n) is 16.6. The van der Waals surface area contributed by atoms with Crippen molar-refractivity contribution in [1.82, 2.24) is 0 Å². The Morgan fingerprint density at radius 2 is 1.21 bits per heavy atom. The quantitative estimate of drug-likeness (QED) is 0.337. The third-order valence-electron chi connectivity index (χ3n) is 4.23. The summed E-state index contributed by atoms with van der Waals surface area (Å²) in [4.78, 5) is 23.3. The molecular formula is C20H38O4. The summed E-state index contributed by atoms with van der Waals surface area (Å²) in [6.07, 6.45) is 8.23. The first-order valence-electron chi connectivity index (χ1n) is 9.64. The molecule has 0 aromatic heterocycles. The molecule has 0 bridgehead atoms. The highest BCUT2D eigenvalue weighted by Gasteiger charge is 2.21. The third kappa shape index (κ3) is 12.4. The van der Waals surface area contributed by atoms with Crippen molar-refractivity contribution >= 4 is 11.9 Å². The predicted molar refractivity (Wildman–Crippen MR) is 97.7 cm³/mol. The number of carbonyl (C=O) groups excluding carboxylic acids is 2. The van der Waals surface area contributed by atoms with Gasteiger partial charge in [0.15, 0.2) is 0 Å². The van der Waals surface area contributed by atoms with E-state index in [9.17, 15) is 9.59 Å². The van der Waals surface area contributed by atoms with Crippen LogP contribution in [0.25, 0.3) is 0 Å². The van der Waals surface area contributed by atoms with Crippen molar-refractivity contribution in [2.24, 2.45) is 11.8 Å². The molecule has 0 radical (unpaired) electrons. The second kappa shape index (κ2) is 13.3. The first-order valence-corrected chi connectivity index (χ1v) is 9.64. The molecule has 0 rings (SSSR count). The predicted octanol–water partition coefficient (Wildman–Crippen LogP) is 5.28. The van der Waals surface area contributed by atoms with E-state index in [-0.39, 0.29) is 30.1 Å². The molecule has 0 aliphatic heterocycles. The van der Waals surface area contributed by atoms with Gasteiger partial charge in [0.25, 0.3) is 0 Å². The Bertz CT molecular complexity index is 350. The molecule has 0 N–H and O–H groups in total. The fourth-order valence-corrected chi connectivity index (χ4v) is 2.59. The summed E-state index contributed by atoms with van der Waals surface area (Å²) in [6, 6.07) is 0. The summed E-state index contributed by atoms with van der Waals surface area (Å²) in [7, 11) is 0. The van der Waals surface area contributed by atoms with Crippen molar-refractivity contribution in [3.8, 4) is 0 Å². The molecule has 0 aromatic carbocycles. The van der Waals surface area contributed by atoms with Crippen LogP contribution in [0.15, 0.2) is 0 Å². The average Bonchev–Trinajstić information content (AvgIpc) is 2.47. The van der Waals surface area contributed by atoms with E-state index in [2.05, 4.69) is 6.92 Å². The first kappa shape index (κ1) is 22.9. The lowest BCUT2D eigenvalue weighted by Crippen LogP contribution is -2.24. The molecule has 0 fully saturated rings. The van der Waals surface area contributed by atoms with Gasteiger partial charge in [0, 0.05) is 6.42 Å². The van der Waals surface area contributed by atoms with Crippen LogP contribution in [0, 0.1) is 11.8 Å². The molecule has 0 aromatic rings. The average molecular weight is 343 g/mol. The van der Waals surface area contributed by atoms with Crippen LogP contribution in [0.2, 0.25) is 0 Å². The van der Waals surface area contributed by atoms with Gasteiger partial charge in [-0.05, 0) is 46.5 Å². The summed E-state index contributed by atoms with van der Waals surface area (Å²) < 4.78 is 10.4. The van der Waals surface area contributed by atoms with Gasteiger partial charge in [-0.2, -0.15) is 0 Å². The van der Waals surface area contributed by atoms with Crippen LogP contribution in [0.3, 0.4) is 0 Å². The minimum atomic E-state index is -0.0823. The number of hydrogen-bond acceptors (Lipinski definition) is 4. The number of rotatable bonds is 13. The highest BCUT2D eigenvalue weighted by Crippen LogP contribution is 2.21. The van der Waals surface area contributed by atoms with Crippen LogP contribution in [-0.2, 0) is 19.1 Å². The Labute approximate surface area is 148 Å². The third-order valence-corrected chi connectivity index (χ3v) is 4.23. The SMILES string of the molecule is CC(C)OC(=O)CCCCCCCCC(C)C(C)C(=O)OC(C)C. The van der Waals surface area contributed by atoms with E-state index in [0.29, 0.717) is 12.3 Å². The molecule has 0 saturated heterocycles. The van der Waals surface area contributed by atoms with Crippen molar-refractivity contribution in [3.63, 3.8) is 0 Å². The molecule has 0 heterocycles. The molecule has 2 unspecified atom stereocenters. The van der Waals surface area contributed by atoms with Crippen molar-refractivity contribution in [3.05, 3.63) is 0 Å². The van der Waals surface area contributed by atoms with Crippen LogP contribution < -0.4 is 0 Å². The van der Waals surface area contributed by atoms with Gasteiger partial charge < -0.3 is 9.47 Å². The molecule has 0 saturated carbocycles. The molecule has 0 aliphatic rings. The van der Waals surface area contributed by atoms with Crippen LogP contribution in [0.4, 0.5) is 0 Å². The largest absolute Gasteiger partial charge is 0.463 e. The Morgan fingerprint density at radius 1 is 0.708 bits per heavy atom. The van der Waals surface area contributed by atoms with E-state index in [0.717, 1.165) is 32.1 Å². The van der Waals surface area contributed by atoms with E-state index >= 15 is 0 Å². The topological polar surface area (TPSA) is 52.6 Å². The van der Waals surface area contributed by atoms with Gasteiger partial charge in [-0.1, -0.05) is 46.0 Å². The molecule has 24 heavy (non-hydrogen) atoms. The lowest BCUT2D eigenvalue weighted by Gasteiger charge is -2.20. The zero-order valence-corrected chi connectivity index (χ0v) is 16.6. The molecule has 0 spiro atoms. The number of ether oxygens (including phenoxy) is 2. The minimum absolute atomic E-state index is 0.0142. The molecule has 2 atom stereocenters. The lowest BCUT2D eigenvalue weighted by atomic mass is 9.90. The van der Waals surface area contributed by atoms with E-state index in [4.69, 9.17) is 9.47 Å². The summed E-state index contributed by atoms with van der Waals surface area (Å²) in [5.74, 6) is 0.174. The number of unbranched alkanes of at least 4 members (excludes halogenated alkanes) is 5. The normalized spacial score (nSPS) is 13.8. The molecule has 0 aliphatic carbocycles. The van der Waals surface area contributed by atoms with Gasteiger partial charge in [-0.3, -0.25) is 9.59 Å². The van der Waals surface area contributed by atoms with Gasteiger partial charge in [0.1, 0.15) is 0 Å². The van der Waals surface area contributed by atoms with Gasteiger partial charge in [0.05, 0.1) is 18.1 Å². The molecule has 142 valence electrons. The summed E-state index contributed by atoms with van der Waals surface area (Å²) in [6.45, 7) is 11.6.